The third kappa shape index (κ3) is 2.13. The highest BCUT2D eigenvalue weighted by Crippen LogP contribution is 2.33. The van der Waals surface area contributed by atoms with Crippen molar-refractivity contribution >= 4 is 10.0 Å². The van der Waals surface area contributed by atoms with Gasteiger partial charge in [-0.1, -0.05) is 6.07 Å². The van der Waals surface area contributed by atoms with E-state index in [1.54, 1.807) is 35.7 Å². The molecular formula is C13H18N2O3S. The second-order valence-corrected chi connectivity index (χ2v) is 6.90. The molecule has 1 N–H and O–H groups in total. The van der Waals surface area contributed by atoms with Gasteiger partial charge < -0.3 is 10.1 Å². The minimum Gasteiger partial charge on any atom is -0.497 e. The lowest BCUT2D eigenvalue weighted by Gasteiger charge is -2.34. The predicted octanol–water partition coefficient (Wildman–Crippen LogP) is 0.820. The Balaban J connectivity index is 1.98. The van der Waals surface area contributed by atoms with E-state index in [2.05, 4.69) is 5.32 Å². The lowest BCUT2D eigenvalue weighted by atomic mass is 10.2. The standard InChI is InChI=1S/C13H18N2O3S/c1-18-12-3-2-4-13(7-12)19(16,17)15-10-5-6-11(15)9-14-8-10/h2-4,7,10-11,14H,5-6,8-9H2,1H3. The van der Waals surface area contributed by atoms with Gasteiger partial charge >= 0.3 is 0 Å². The van der Waals surface area contributed by atoms with Crippen LogP contribution in [0.5, 0.6) is 5.75 Å². The molecule has 2 fully saturated rings. The highest BCUT2D eigenvalue weighted by Gasteiger charge is 2.44. The van der Waals surface area contributed by atoms with Gasteiger partial charge in [-0.25, -0.2) is 8.42 Å². The van der Waals surface area contributed by atoms with Crippen molar-refractivity contribution in [1.29, 1.82) is 0 Å². The van der Waals surface area contributed by atoms with Crippen molar-refractivity contribution in [2.45, 2.75) is 29.8 Å². The van der Waals surface area contributed by atoms with Gasteiger partial charge in [-0.15, -0.1) is 0 Å². The van der Waals surface area contributed by atoms with Crippen molar-refractivity contribution in [2.75, 3.05) is 20.2 Å². The molecule has 0 amide bonds. The Morgan fingerprint density at radius 1 is 1.26 bits per heavy atom. The maximum atomic E-state index is 12.8. The number of nitrogens with one attached hydrogen (secondary N) is 1. The Labute approximate surface area is 113 Å². The molecule has 2 atom stereocenters. The zero-order valence-electron chi connectivity index (χ0n) is 10.9. The summed E-state index contributed by atoms with van der Waals surface area (Å²) in [6, 6.07) is 6.89. The molecule has 3 rings (SSSR count). The lowest BCUT2D eigenvalue weighted by Crippen LogP contribution is -2.53. The molecule has 2 bridgehead atoms. The van der Waals surface area contributed by atoms with E-state index in [0.717, 1.165) is 25.9 Å². The minimum absolute atomic E-state index is 0.0925. The van der Waals surface area contributed by atoms with Crippen molar-refractivity contribution in [3.63, 3.8) is 0 Å². The molecule has 1 aromatic rings. The lowest BCUT2D eigenvalue weighted by molar-refractivity contribution is 0.263. The van der Waals surface area contributed by atoms with Crippen LogP contribution < -0.4 is 10.1 Å². The van der Waals surface area contributed by atoms with Crippen molar-refractivity contribution < 1.29 is 13.2 Å². The predicted molar refractivity (Wildman–Crippen MR) is 71.7 cm³/mol. The quantitative estimate of drug-likeness (QED) is 0.892. The summed E-state index contributed by atoms with van der Waals surface area (Å²) in [6.07, 6.45) is 1.89. The number of benzene rings is 1. The van der Waals surface area contributed by atoms with Gasteiger partial charge in [-0.3, -0.25) is 0 Å². The number of piperazine rings is 1. The molecule has 0 radical (unpaired) electrons. The number of fused-ring (bicyclic) bond motifs is 2. The average molecular weight is 282 g/mol. The first-order valence-corrected chi connectivity index (χ1v) is 7.95. The maximum absolute atomic E-state index is 12.8. The molecule has 104 valence electrons. The Morgan fingerprint density at radius 3 is 2.58 bits per heavy atom. The van der Waals surface area contributed by atoms with Crippen LogP contribution in [-0.4, -0.2) is 45.0 Å². The number of hydrogen-bond acceptors (Lipinski definition) is 4. The number of hydrogen-bond donors (Lipinski definition) is 1. The van der Waals surface area contributed by atoms with E-state index in [4.69, 9.17) is 4.74 Å². The monoisotopic (exact) mass is 282 g/mol. The molecule has 19 heavy (non-hydrogen) atoms. The fraction of sp³-hybridized carbons (Fsp3) is 0.538. The molecule has 5 nitrogen and oxygen atoms in total. The molecule has 0 aromatic heterocycles. The third-order valence-corrected chi connectivity index (χ3v) is 5.93. The summed E-state index contributed by atoms with van der Waals surface area (Å²) < 4.78 is 32.3. The Kier molecular flexibility index (Phi) is 3.24. The van der Waals surface area contributed by atoms with E-state index in [-0.39, 0.29) is 12.1 Å². The Morgan fingerprint density at radius 2 is 1.95 bits per heavy atom. The van der Waals surface area contributed by atoms with E-state index >= 15 is 0 Å². The molecule has 2 unspecified atom stereocenters. The summed E-state index contributed by atoms with van der Waals surface area (Å²) >= 11 is 0. The van der Waals surface area contributed by atoms with Crippen LogP contribution in [-0.2, 0) is 10.0 Å². The fourth-order valence-corrected chi connectivity index (χ4v) is 4.92. The van der Waals surface area contributed by atoms with Gasteiger partial charge in [-0.2, -0.15) is 4.31 Å². The highest BCUT2D eigenvalue weighted by atomic mass is 32.2. The van der Waals surface area contributed by atoms with Crippen LogP contribution in [0.2, 0.25) is 0 Å². The summed E-state index contributed by atoms with van der Waals surface area (Å²) in [5.41, 5.74) is 0. The van der Waals surface area contributed by atoms with E-state index < -0.39 is 10.0 Å². The first kappa shape index (κ1) is 12.9. The third-order valence-electron chi connectivity index (χ3n) is 3.93. The highest BCUT2D eigenvalue weighted by molar-refractivity contribution is 7.89. The molecule has 1 aromatic carbocycles. The van der Waals surface area contributed by atoms with Crippen LogP contribution >= 0.6 is 0 Å². The average Bonchev–Trinajstić information content (AvgIpc) is 2.70. The topological polar surface area (TPSA) is 58.6 Å². The van der Waals surface area contributed by atoms with Crippen LogP contribution in [0.1, 0.15) is 12.8 Å². The molecule has 2 aliphatic rings. The largest absolute Gasteiger partial charge is 0.497 e. The van der Waals surface area contributed by atoms with Gasteiger partial charge in [-0.05, 0) is 25.0 Å². The SMILES string of the molecule is COc1cccc(S(=O)(=O)N2C3CCC2CNC3)c1. The second kappa shape index (κ2) is 4.77. The second-order valence-electron chi connectivity index (χ2n) is 5.06. The zero-order chi connectivity index (χ0) is 13.5. The van der Waals surface area contributed by atoms with Gasteiger partial charge in [0.15, 0.2) is 0 Å². The summed E-state index contributed by atoms with van der Waals surface area (Å²) in [7, 11) is -1.88. The zero-order valence-corrected chi connectivity index (χ0v) is 11.7. The van der Waals surface area contributed by atoms with E-state index in [0.29, 0.717) is 10.6 Å². The smallest absolute Gasteiger partial charge is 0.243 e. The van der Waals surface area contributed by atoms with Gasteiger partial charge in [0.1, 0.15) is 5.75 Å². The van der Waals surface area contributed by atoms with Crippen molar-refractivity contribution in [3.8, 4) is 5.75 Å². The van der Waals surface area contributed by atoms with Gasteiger partial charge in [0.25, 0.3) is 0 Å². The molecule has 2 saturated heterocycles. The molecule has 0 spiro atoms. The molecular weight excluding hydrogens is 264 g/mol. The number of methoxy groups -OCH3 is 1. The van der Waals surface area contributed by atoms with Crippen molar-refractivity contribution in [3.05, 3.63) is 24.3 Å². The maximum Gasteiger partial charge on any atom is 0.243 e. The summed E-state index contributed by atoms with van der Waals surface area (Å²) in [6.45, 7) is 1.50. The summed E-state index contributed by atoms with van der Waals surface area (Å²) in [4.78, 5) is 0.325. The summed E-state index contributed by atoms with van der Waals surface area (Å²) in [5, 5.41) is 3.29. The molecule has 0 aliphatic carbocycles. The van der Waals surface area contributed by atoms with E-state index in [9.17, 15) is 8.42 Å². The molecule has 6 heteroatoms. The summed E-state index contributed by atoms with van der Waals surface area (Å²) in [5.74, 6) is 0.573. The number of nitrogens with zero attached hydrogens (tertiary/aromatic N) is 1. The normalized spacial score (nSPS) is 27.4. The van der Waals surface area contributed by atoms with E-state index in [1.165, 1.54) is 0 Å². The minimum atomic E-state index is -3.42. The van der Waals surface area contributed by atoms with Crippen molar-refractivity contribution in [1.82, 2.24) is 9.62 Å². The van der Waals surface area contributed by atoms with E-state index in [1.807, 2.05) is 0 Å². The fourth-order valence-electron chi connectivity index (χ4n) is 3.01. The first-order valence-electron chi connectivity index (χ1n) is 6.51. The van der Waals surface area contributed by atoms with Gasteiger partial charge in [0.2, 0.25) is 10.0 Å². The van der Waals surface area contributed by atoms with Gasteiger partial charge in [0.05, 0.1) is 12.0 Å². The number of rotatable bonds is 3. The number of ether oxygens (including phenoxy) is 1. The first-order chi connectivity index (χ1) is 9.13. The molecule has 2 heterocycles. The Bertz CT molecular complexity index is 557. The van der Waals surface area contributed by atoms with Crippen molar-refractivity contribution in [2.24, 2.45) is 0 Å². The number of sulfonamides is 1. The van der Waals surface area contributed by atoms with Crippen LogP contribution in [0.25, 0.3) is 0 Å². The van der Waals surface area contributed by atoms with Crippen LogP contribution in [0, 0.1) is 0 Å². The van der Waals surface area contributed by atoms with Crippen LogP contribution in [0.15, 0.2) is 29.2 Å². The van der Waals surface area contributed by atoms with Gasteiger partial charge in [0, 0.05) is 31.2 Å². The van der Waals surface area contributed by atoms with Crippen LogP contribution in [0.3, 0.4) is 0 Å². The Hall–Kier alpha value is -1.11. The van der Waals surface area contributed by atoms with Crippen LogP contribution in [0.4, 0.5) is 0 Å². The molecule has 0 saturated carbocycles. The molecule has 2 aliphatic heterocycles.